The molecular weight excluding hydrogens is 418 g/mol. The number of amides is 1. The van der Waals surface area contributed by atoms with Crippen LogP contribution in [0.3, 0.4) is 0 Å². The molecular formula is C22H25N3O5S. The third kappa shape index (κ3) is 4.88. The number of rotatable bonds is 7. The quantitative estimate of drug-likeness (QED) is 0.555. The third-order valence-corrected chi connectivity index (χ3v) is 6.13. The molecule has 0 aliphatic heterocycles. The number of nitrogens with zero attached hydrogens (tertiary/aromatic N) is 1. The largest absolute Gasteiger partial charge is 0.495 e. The molecule has 3 aromatic rings. The zero-order valence-electron chi connectivity index (χ0n) is 18.0. The Morgan fingerprint density at radius 3 is 2.39 bits per heavy atom. The lowest BCUT2D eigenvalue weighted by Crippen LogP contribution is -2.14. The Balaban J connectivity index is 2.03. The van der Waals surface area contributed by atoms with E-state index in [9.17, 15) is 13.2 Å². The summed E-state index contributed by atoms with van der Waals surface area (Å²) in [6.45, 7) is 7.19. The lowest BCUT2D eigenvalue weighted by molar-refractivity contribution is -0.114. The van der Waals surface area contributed by atoms with Crippen LogP contribution in [0.1, 0.15) is 37.9 Å². The molecule has 9 heteroatoms. The number of aromatic nitrogens is 1. The van der Waals surface area contributed by atoms with Crippen LogP contribution in [0, 0.1) is 6.92 Å². The molecule has 0 saturated heterocycles. The van der Waals surface area contributed by atoms with Crippen LogP contribution in [-0.2, 0) is 14.8 Å². The van der Waals surface area contributed by atoms with Crippen LogP contribution in [0.15, 0.2) is 51.9 Å². The number of aryl methyl sites for hydroxylation is 1. The first-order valence-corrected chi connectivity index (χ1v) is 11.2. The number of anilines is 2. The van der Waals surface area contributed by atoms with Gasteiger partial charge < -0.3 is 9.26 Å². The Labute approximate surface area is 181 Å². The van der Waals surface area contributed by atoms with E-state index in [2.05, 4.69) is 29.0 Å². The summed E-state index contributed by atoms with van der Waals surface area (Å²) in [7, 11) is -2.56. The molecule has 1 aromatic heterocycles. The minimum atomic E-state index is -3.96. The van der Waals surface area contributed by atoms with Gasteiger partial charge >= 0.3 is 0 Å². The van der Waals surface area contributed by atoms with E-state index in [1.54, 1.807) is 31.2 Å². The summed E-state index contributed by atoms with van der Waals surface area (Å²) in [4.78, 5) is 11.4. The van der Waals surface area contributed by atoms with Gasteiger partial charge in [0.1, 0.15) is 10.6 Å². The second-order valence-electron chi connectivity index (χ2n) is 7.40. The topological polar surface area (TPSA) is 111 Å². The lowest BCUT2D eigenvalue weighted by Gasteiger charge is -2.14. The van der Waals surface area contributed by atoms with Crippen molar-refractivity contribution in [1.82, 2.24) is 5.16 Å². The maximum atomic E-state index is 13.2. The summed E-state index contributed by atoms with van der Waals surface area (Å²) in [6, 6.07) is 11.9. The highest BCUT2D eigenvalue weighted by molar-refractivity contribution is 7.92. The van der Waals surface area contributed by atoms with E-state index in [1.165, 1.54) is 20.1 Å². The number of ether oxygens (including phenoxy) is 1. The van der Waals surface area contributed by atoms with Crippen LogP contribution < -0.4 is 14.8 Å². The maximum Gasteiger partial charge on any atom is 0.265 e. The molecule has 0 radical (unpaired) electrons. The molecule has 2 N–H and O–H groups in total. The predicted octanol–water partition coefficient (Wildman–Crippen LogP) is 4.54. The fourth-order valence-corrected chi connectivity index (χ4v) is 4.40. The summed E-state index contributed by atoms with van der Waals surface area (Å²) in [5.41, 5.74) is 3.07. The Morgan fingerprint density at radius 2 is 1.81 bits per heavy atom. The average Bonchev–Trinajstić information content (AvgIpc) is 3.07. The van der Waals surface area contributed by atoms with Gasteiger partial charge in [-0.05, 0) is 48.2 Å². The maximum absolute atomic E-state index is 13.2. The standard InChI is InChI=1S/C22H25N3O5S/c1-13(2)16-6-9-18(10-7-16)25-31(27,28)20-12-17(8-11-19(20)29-5)21-14(3)24-30-22(21)23-15(4)26/h6-13,25H,1-5H3,(H,23,26). The minimum absolute atomic E-state index is 0.0465. The number of carbonyl (C=O) groups is 1. The van der Waals surface area contributed by atoms with E-state index in [4.69, 9.17) is 9.26 Å². The molecule has 2 aromatic carbocycles. The van der Waals surface area contributed by atoms with Crippen molar-refractivity contribution >= 4 is 27.5 Å². The summed E-state index contributed by atoms with van der Waals surface area (Å²) in [6.07, 6.45) is 0. The SMILES string of the molecule is COc1ccc(-c2c(C)noc2NC(C)=O)cc1S(=O)(=O)Nc1ccc(C(C)C)cc1. The van der Waals surface area contributed by atoms with Gasteiger partial charge in [-0.2, -0.15) is 0 Å². The van der Waals surface area contributed by atoms with Crippen molar-refractivity contribution in [3.8, 4) is 16.9 Å². The number of hydrogen-bond acceptors (Lipinski definition) is 6. The lowest BCUT2D eigenvalue weighted by atomic mass is 10.0. The molecule has 3 rings (SSSR count). The van der Waals surface area contributed by atoms with Gasteiger partial charge in [-0.25, -0.2) is 8.42 Å². The van der Waals surface area contributed by atoms with Crippen LogP contribution in [0.2, 0.25) is 0 Å². The highest BCUT2D eigenvalue weighted by Gasteiger charge is 2.24. The molecule has 0 saturated carbocycles. The molecule has 164 valence electrons. The molecule has 0 atom stereocenters. The molecule has 1 amide bonds. The van der Waals surface area contributed by atoms with E-state index in [-0.39, 0.29) is 22.4 Å². The number of methoxy groups -OCH3 is 1. The van der Waals surface area contributed by atoms with Gasteiger partial charge in [0.25, 0.3) is 10.0 Å². The number of hydrogen-bond donors (Lipinski definition) is 2. The smallest absolute Gasteiger partial charge is 0.265 e. The summed E-state index contributed by atoms with van der Waals surface area (Å²) >= 11 is 0. The average molecular weight is 444 g/mol. The molecule has 0 fully saturated rings. The highest BCUT2D eigenvalue weighted by atomic mass is 32.2. The van der Waals surface area contributed by atoms with Crippen molar-refractivity contribution in [1.29, 1.82) is 0 Å². The second kappa shape index (κ2) is 8.81. The van der Waals surface area contributed by atoms with E-state index >= 15 is 0 Å². The van der Waals surface area contributed by atoms with E-state index in [1.807, 2.05) is 12.1 Å². The van der Waals surface area contributed by atoms with Crippen molar-refractivity contribution in [3.63, 3.8) is 0 Å². The molecule has 1 heterocycles. The first-order valence-electron chi connectivity index (χ1n) is 9.67. The van der Waals surface area contributed by atoms with Gasteiger partial charge in [0, 0.05) is 12.6 Å². The van der Waals surface area contributed by atoms with Gasteiger partial charge in [0.15, 0.2) is 0 Å². The van der Waals surface area contributed by atoms with Crippen LogP contribution >= 0.6 is 0 Å². The van der Waals surface area contributed by atoms with Crippen LogP contribution in [-0.4, -0.2) is 26.6 Å². The van der Waals surface area contributed by atoms with Gasteiger partial charge in [0.05, 0.1) is 18.4 Å². The molecule has 0 spiro atoms. The predicted molar refractivity (Wildman–Crippen MR) is 119 cm³/mol. The van der Waals surface area contributed by atoms with Gasteiger partial charge in [-0.15, -0.1) is 0 Å². The van der Waals surface area contributed by atoms with E-state index in [0.717, 1.165) is 5.56 Å². The van der Waals surface area contributed by atoms with Crippen LogP contribution in [0.25, 0.3) is 11.1 Å². The summed E-state index contributed by atoms with van der Waals surface area (Å²) in [5.74, 6) is 0.346. The molecule has 0 aliphatic rings. The Morgan fingerprint density at radius 1 is 1.13 bits per heavy atom. The minimum Gasteiger partial charge on any atom is -0.495 e. The van der Waals surface area contributed by atoms with Crippen molar-refractivity contribution in [2.24, 2.45) is 0 Å². The molecule has 31 heavy (non-hydrogen) atoms. The summed E-state index contributed by atoms with van der Waals surface area (Å²) in [5, 5.41) is 6.45. The van der Waals surface area contributed by atoms with Gasteiger partial charge in [-0.3, -0.25) is 14.8 Å². The fourth-order valence-electron chi connectivity index (χ4n) is 3.14. The van der Waals surface area contributed by atoms with E-state index in [0.29, 0.717) is 28.4 Å². The van der Waals surface area contributed by atoms with Gasteiger partial charge in [-0.1, -0.05) is 37.2 Å². The molecule has 0 aliphatic carbocycles. The Bertz CT molecular complexity index is 1200. The van der Waals surface area contributed by atoms with Crippen molar-refractivity contribution in [2.75, 3.05) is 17.1 Å². The molecule has 0 bridgehead atoms. The Kier molecular flexibility index (Phi) is 6.35. The molecule has 0 unspecified atom stereocenters. The number of nitrogens with one attached hydrogen (secondary N) is 2. The first kappa shape index (κ1) is 22.4. The van der Waals surface area contributed by atoms with Crippen LogP contribution in [0.4, 0.5) is 11.6 Å². The first-order chi connectivity index (χ1) is 14.6. The number of benzene rings is 2. The third-order valence-electron chi connectivity index (χ3n) is 4.72. The zero-order chi connectivity index (χ0) is 22.8. The second-order valence-corrected chi connectivity index (χ2v) is 9.05. The molecule has 8 nitrogen and oxygen atoms in total. The monoisotopic (exact) mass is 443 g/mol. The summed E-state index contributed by atoms with van der Waals surface area (Å²) < 4.78 is 39.4. The van der Waals surface area contributed by atoms with Crippen molar-refractivity contribution < 1.29 is 22.5 Å². The number of carbonyl (C=O) groups excluding carboxylic acids is 1. The highest BCUT2D eigenvalue weighted by Crippen LogP contribution is 2.36. The van der Waals surface area contributed by atoms with Crippen LogP contribution in [0.5, 0.6) is 5.75 Å². The Hall–Kier alpha value is -3.33. The number of sulfonamides is 1. The zero-order valence-corrected chi connectivity index (χ0v) is 18.8. The van der Waals surface area contributed by atoms with Gasteiger partial charge in [0.2, 0.25) is 11.8 Å². The normalized spacial score (nSPS) is 11.4. The van der Waals surface area contributed by atoms with Crippen molar-refractivity contribution in [2.45, 2.75) is 38.5 Å². The fraction of sp³-hybridized carbons (Fsp3) is 0.273. The van der Waals surface area contributed by atoms with E-state index < -0.39 is 10.0 Å². The van der Waals surface area contributed by atoms with Crippen molar-refractivity contribution in [3.05, 3.63) is 53.7 Å².